The van der Waals surface area contributed by atoms with Gasteiger partial charge >= 0.3 is 5.97 Å². The predicted molar refractivity (Wildman–Crippen MR) is 71.4 cm³/mol. The van der Waals surface area contributed by atoms with Crippen molar-refractivity contribution in [3.63, 3.8) is 0 Å². The lowest BCUT2D eigenvalue weighted by Crippen LogP contribution is -2.27. The summed E-state index contributed by atoms with van der Waals surface area (Å²) >= 11 is 11.5. The van der Waals surface area contributed by atoms with Gasteiger partial charge in [0.1, 0.15) is 0 Å². The minimum absolute atomic E-state index is 0.0312. The van der Waals surface area contributed by atoms with Gasteiger partial charge in [0.05, 0.1) is 6.42 Å². The second kappa shape index (κ2) is 7.41. The van der Waals surface area contributed by atoms with Crippen molar-refractivity contribution in [3.8, 4) is 0 Å². The molecule has 0 aliphatic carbocycles. The van der Waals surface area contributed by atoms with Gasteiger partial charge in [0, 0.05) is 30.5 Å². The Bertz CT molecular complexity index is 365. The highest BCUT2D eigenvalue weighted by Crippen LogP contribution is 2.17. The van der Waals surface area contributed by atoms with Crippen LogP contribution in [0.2, 0.25) is 0 Å². The van der Waals surface area contributed by atoms with Gasteiger partial charge in [0.25, 0.3) is 0 Å². The van der Waals surface area contributed by atoms with Crippen LogP contribution in [0.25, 0.3) is 0 Å². The van der Waals surface area contributed by atoms with Crippen molar-refractivity contribution in [2.75, 3.05) is 29.7 Å². The molecule has 0 atom stereocenters. The van der Waals surface area contributed by atoms with E-state index in [4.69, 9.17) is 28.3 Å². The lowest BCUT2D eigenvalue weighted by Gasteiger charge is -2.23. The van der Waals surface area contributed by atoms with Crippen LogP contribution < -0.4 is 4.90 Å². The summed E-state index contributed by atoms with van der Waals surface area (Å²) in [6.45, 7) is 1.40. The Morgan fingerprint density at radius 3 is 2.41 bits per heavy atom. The Balaban J connectivity index is 2.83. The number of hydrogen-bond acceptors (Lipinski definition) is 2. The van der Waals surface area contributed by atoms with Gasteiger partial charge < -0.3 is 10.0 Å². The standard InChI is InChI=1S/C12H15Cl2NO2/c13-4-6-15(7-5-14)11-3-1-2-10(8-11)9-12(16)17/h1-3,8H,4-7,9H2,(H,16,17). The second-order valence-corrected chi connectivity index (χ2v) is 4.36. The molecule has 1 rings (SSSR count). The Morgan fingerprint density at radius 1 is 1.24 bits per heavy atom. The summed E-state index contributed by atoms with van der Waals surface area (Å²) in [6, 6.07) is 7.46. The number of hydrogen-bond donors (Lipinski definition) is 1. The van der Waals surface area contributed by atoms with Crippen LogP contribution in [0.5, 0.6) is 0 Å². The number of anilines is 1. The first kappa shape index (κ1) is 14.1. The van der Waals surface area contributed by atoms with Crippen molar-refractivity contribution in [1.29, 1.82) is 0 Å². The summed E-state index contributed by atoms with van der Waals surface area (Å²) in [5.41, 5.74) is 1.74. The van der Waals surface area contributed by atoms with E-state index in [1.165, 1.54) is 0 Å². The fraction of sp³-hybridized carbons (Fsp3) is 0.417. The molecule has 0 heterocycles. The third-order valence-corrected chi connectivity index (χ3v) is 2.68. The normalized spacial score (nSPS) is 10.2. The molecule has 0 saturated carbocycles. The summed E-state index contributed by atoms with van der Waals surface area (Å²) in [5, 5.41) is 8.75. The van der Waals surface area contributed by atoms with Gasteiger partial charge in [-0.1, -0.05) is 12.1 Å². The zero-order chi connectivity index (χ0) is 12.7. The molecular weight excluding hydrogens is 261 g/mol. The fourth-order valence-electron chi connectivity index (χ4n) is 1.61. The van der Waals surface area contributed by atoms with Gasteiger partial charge in [-0.05, 0) is 17.7 Å². The van der Waals surface area contributed by atoms with Crippen LogP contribution in [-0.4, -0.2) is 35.9 Å². The number of nitrogens with zero attached hydrogens (tertiary/aromatic N) is 1. The SMILES string of the molecule is O=C(O)Cc1cccc(N(CCCl)CCCl)c1. The van der Waals surface area contributed by atoms with Crippen LogP contribution in [0.1, 0.15) is 5.56 Å². The number of rotatable bonds is 7. The Labute approximate surface area is 111 Å². The number of halogens is 2. The maximum Gasteiger partial charge on any atom is 0.307 e. The Kier molecular flexibility index (Phi) is 6.16. The first-order valence-electron chi connectivity index (χ1n) is 5.35. The lowest BCUT2D eigenvalue weighted by molar-refractivity contribution is -0.136. The van der Waals surface area contributed by atoms with E-state index in [1.807, 2.05) is 23.1 Å². The van der Waals surface area contributed by atoms with E-state index in [0.29, 0.717) is 24.8 Å². The number of aliphatic carboxylic acids is 1. The molecule has 94 valence electrons. The maximum absolute atomic E-state index is 10.6. The van der Waals surface area contributed by atoms with E-state index in [9.17, 15) is 4.79 Å². The molecule has 5 heteroatoms. The summed E-state index contributed by atoms with van der Waals surface area (Å²) < 4.78 is 0. The molecular formula is C12H15Cl2NO2. The largest absolute Gasteiger partial charge is 0.481 e. The number of benzene rings is 1. The van der Waals surface area contributed by atoms with Gasteiger partial charge in [0.15, 0.2) is 0 Å². The van der Waals surface area contributed by atoms with Gasteiger partial charge in [-0.25, -0.2) is 0 Å². The number of carboxylic acids is 1. The van der Waals surface area contributed by atoms with Crippen LogP contribution >= 0.6 is 23.2 Å². The predicted octanol–water partition coefficient (Wildman–Crippen LogP) is 2.60. The molecule has 0 aromatic heterocycles. The molecule has 0 saturated heterocycles. The summed E-state index contributed by atoms with van der Waals surface area (Å²) in [7, 11) is 0. The highest BCUT2D eigenvalue weighted by atomic mass is 35.5. The van der Waals surface area contributed by atoms with Crippen LogP contribution in [0.3, 0.4) is 0 Å². The first-order chi connectivity index (χ1) is 8.17. The molecule has 0 bridgehead atoms. The van der Waals surface area contributed by atoms with E-state index < -0.39 is 5.97 Å². The molecule has 0 spiro atoms. The smallest absolute Gasteiger partial charge is 0.307 e. The summed E-state index contributed by atoms with van der Waals surface area (Å²) in [4.78, 5) is 12.7. The molecule has 17 heavy (non-hydrogen) atoms. The van der Waals surface area contributed by atoms with Gasteiger partial charge in [0.2, 0.25) is 0 Å². The van der Waals surface area contributed by atoms with E-state index in [1.54, 1.807) is 6.07 Å². The van der Waals surface area contributed by atoms with Gasteiger partial charge in [-0.3, -0.25) is 4.79 Å². The third kappa shape index (κ3) is 4.84. The topological polar surface area (TPSA) is 40.5 Å². The number of alkyl halides is 2. The zero-order valence-electron chi connectivity index (χ0n) is 9.40. The van der Waals surface area contributed by atoms with Crippen molar-refractivity contribution in [1.82, 2.24) is 0 Å². The zero-order valence-corrected chi connectivity index (χ0v) is 10.9. The Morgan fingerprint density at radius 2 is 1.88 bits per heavy atom. The minimum Gasteiger partial charge on any atom is -0.481 e. The van der Waals surface area contributed by atoms with Crippen LogP contribution in [0.15, 0.2) is 24.3 Å². The second-order valence-electron chi connectivity index (χ2n) is 3.61. The van der Waals surface area contributed by atoms with Crippen molar-refractivity contribution >= 4 is 34.9 Å². The average Bonchev–Trinajstić information content (AvgIpc) is 2.28. The maximum atomic E-state index is 10.6. The van der Waals surface area contributed by atoms with Crippen molar-refractivity contribution in [3.05, 3.63) is 29.8 Å². The Hall–Kier alpha value is -0.930. The molecule has 0 fully saturated rings. The van der Waals surface area contributed by atoms with E-state index >= 15 is 0 Å². The lowest BCUT2D eigenvalue weighted by atomic mass is 10.1. The highest BCUT2D eigenvalue weighted by molar-refractivity contribution is 6.18. The van der Waals surface area contributed by atoms with Gasteiger partial charge in [-0.15, -0.1) is 23.2 Å². The molecule has 3 nitrogen and oxygen atoms in total. The number of carbonyl (C=O) groups is 1. The quantitative estimate of drug-likeness (QED) is 0.778. The number of carboxylic acid groups (broad SMARTS) is 1. The summed E-state index contributed by atoms with van der Waals surface area (Å²) in [6.07, 6.45) is 0.0312. The van der Waals surface area contributed by atoms with Crippen molar-refractivity contribution in [2.45, 2.75) is 6.42 Å². The third-order valence-electron chi connectivity index (χ3n) is 2.34. The fourth-order valence-corrected chi connectivity index (χ4v) is 2.02. The molecule has 0 radical (unpaired) electrons. The van der Waals surface area contributed by atoms with Crippen LogP contribution in [0.4, 0.5) is 5.69 Å². The highest BCUT2D eigenvalue weighted by Gasteiger charge is 2.07. The molecule has 0 aliphatic heterocycles. The first-order valence-corrected chi connectivity index (χ1v) is 6.42. The molecule has 1 aromatic rings. The molecule has 0 amide bonds. The molecule has 1 aromatic carbocycles. The average molecular weight is 276 g/mol. The van der Waals surface area contributed by atoms with E-state index in [2.05, 4.69) is 0 Å². The van der Waals surface area contributed by atoms with Crippen LogP contribution in [0, 0.1) is 0 Å². The molecule has 0 aliphatic rings. The molecule has 0 unspecified atom stereocenters. The monoisotopic (exact) mass is 275 g/mol. The van der Waals surface area contributed by atoms with E-state index in [0.717, 1.165) is 11.3 Å². The van der Waals surface area contributed by atoms with Crippen molar-refractivity contribution < 1.29 is 9.90 Å². The van der Waals surface area contributed by atoms with Crippen molar-refractivity contribution in [2.24, 2.45) is 0 Å². The minimum atomic E-state index is -0.830. The molecule has 1 N–H and O–H groups in total. The summed E-state index contributed by atoms with van der Waals surface area (Å²) in [5.74, 6) is 0.198. The van der Waals surface area contributed by atoms with Gasteiger partial charge in [-0.2, -0.15) is 0 Å². The van der Waals surface area contributed by atoms with Crippen LogP contribution in [-0.2, 0) is 11.2 Å². The van der Waals surface area contributed by atoms with E-state index in [-0.39, 0.29) is 6.42 Å².